The van der Waals surface area contributed by atoms with Crippen molar-refractivity contribution in [1.29, 1.82) is 0 Å². The van der Waals surface area contributed by atoms with Crippen LogP contribution in [0.15, 0.2) is 12.1 Å². The fraction of sp³-hybridized carbons (Fsp3) is 0.571. The van der Waals surface area contributed by atoms with Crippen molar-refractivity contribution in [3.63, 3.8) is 0 Å². The van der Waals surface area contributed by atoms with Gasteiger partial charge in [0.15, 0.2) is 11.5 Å². The predicted molar refractivity (Wildman–Crippen MR) is 67.0 cm³/mol. The Kier molecular flexibility index (Phi) is 2.89. The van der Waals surface area contributed by atoms with Gasteiger partial charge >= 0.3 is 0 Å². The lowest BCUT2D eigenvalue weighted by molar-refractivity contribution is 0.144. The molecule has 3 rings (SSSR count). The van der Waals surface area contributed by atoms with Crippen LogP contribution in [0.2, 0.25) is 0 Å². The van der Waals surface area contributed by atoms with Crippen molar-refractivity contribution >= 4 is 0 Å². The number of hydrogen-bond donors (Lipinski definition) is 1. The molecule has 1 aromatic rings. The fourth-order valence-electron chi connectivity index (χ4n) is 2.82. The van der Waals surface area contributed by atoms with Crippen LogP contribution in [0.4, 0.5) is 8.78 Å². The lowest BCUT2D eigenvalue weighted by atomic mass is 9.85. The quantitative estimate of drug-likeness (QED) is 0.917. The van der Waals surface area contributed by atoms with Crippen LogP contribution in [0.25, 0.3) is 0 Å². The van der Waals surface area contributed by atoms with Gasteiger partial charge in [0.05, 0.1) is 0 Å². The zero-order valence-electron chi connectivity index (χ0n) is 10.8. The zero-order chi connectivity index (χ0) is 13.6. The second kappa shape index (κ2) is 4.34. The van der Waals surface area contributed by atoms with Crippen molar-refractivity contribution < 1.29 is 18.3 Å². The summed E-state index contributed by atoms with van der Waals surface area (Å²) in [5, 5.41) is 0. The molecule has 1 heterocycles. The lowest BCUT2D eigenvalue weighted by Gasteiger charge is -2.26. The third-order valence-electron chi connectivity index (χ3n) is 4.15. The molecular formula is C14H17F2NO2. The summed E-state index contributed by atoms with van der Waals surface area (Å²) < 4.78 is 37.4. The highest BCUT2D eigenvalue weighted by Crippen LogP contribution is 2.54. The van der Waals surface area contributed by atoms with Crippen molar-refractivity contribution in [3.05, 3.63) is 23.3 Å². The van der Waals surface area contributed by atoms with Gasteiger partial charge in [0.2, 0.25) is 0 Å². The maximum absolute atomic E-state index is 13.3. The first-order valence-electron chi connectivity index (χ1n) is 6.52. The molecule has 1 atom stereocenters. The molecule has 2 N–H and O–H groups in total. The Bertz CT molecular complexity index is 498. The number of alkyl halides is 2. The summed E-state index contributed by atoms with van der Waals surface area (Å²) in [7, 11) is 0. The first kappa shape index (κ1) is 12.7. The molecule has 1 unspecified atom stereocenters. The first-order chi connectivity index (χ1) is 9.04. The molecule has 0 aromatic heterocycles. The van der Waals surface area contributed by atoms with Gasteiger partial charge in [-0.05, 0) is 37.5 Å². The van der Waals surface area contributed by atoms with E-state index in [0.29, 0.717) is 30.3 Å². The monoisotopic (exact) mass is 269 g/mol. The third-order valence-corrected chi connectivity index (χ3v) is 4.15. The average Bonchev–Trinajstić information content (AvgIpc) is 3.18. The topological polar surface area (TPSA) is 44.5 Å². The van der Waals surface area contributed by atoms with E-state index in [4.69, 9.17) is 15.2 Å². The second-order valence-corrected chi connectivity index (χ2v) is 5.33. The second-order valence-electron chi connectivity index (χ2n) is 5.33. The minimum absolute atomic E-state index is 0.0269. The highest BCUT2D eigenvalue weighted by atomic mass is 19.3. The lowest BCUT2D eigenvalue weighted by Crippen LogP contribution is -2.32. The molecule has 1 fully saturated rings. The summed E-state index contributed by atoms with van der Waals surface area (Å²) in [6.07, 6.45) is -0.823. The van der Waals surface area contributed by atoms with Gasteiger partial charge < -0.3 is 15.2 Å². The van der Waals surface area contributed by atoms with Crippen LogP contribution in [-0.2, 0) is 5.41 Å². The summed E-state index contributed by atoms with van der Waals surface area (Å²) in [5.74, 6) is 0.961. The van der Waals surface area contributed by atoms with E-state index < -0.39 is 6.43 Å². The molecule has 0 saturated heterocycles. The molecular weight excluding hydrogens is 252 g/mol. The summed E-state index contributed by atoms with van der Waals surface area (Å²) in [5.41, 5.74) is 6.33. The average molecular weight is 269 g/mol. The maximum Gasteiger partial charge on any atom is 0.264 e. The van der Waals surface area contributed by atoms with Crippen molar-refractivity contribution in [2.75, 3.05) is 13.2 Å². The van der Waals surface area contributed by atoms with Crippen LogP contribution in [-0.4, -0.2) is 19.3 Å². The molecule has 104 valence electrons. The van der Waals surface area contributed by atoms with Gasteiger partial charge in [-0.2, -0.15) is 0 Å². The van der Waals surface area contributed by atoms with E-state index >= 15 is 0 Å². The van der Waals surface area contributed by atoms with Crippen molar-refractivity contribution in [2.45, 2.75) is 37.6 Å². The fourth-order valence-corrected chi connectivity index (χ4v) is 2.82. The molecule has 19 heavy (non-hydrogen) atoms. The predicted octanol–water partition coefficient (Wildman–Crippen LogP) is 2.77. The van der Waals surface area contributed by atoms with E-state index in [1.54, 1.807) is 6.07 Å². The van der Waals surface area contributed by atoms with Crippen LogP contribution < -0.4 is 15.2 Å². The Morgan fingerprint density at radius 2 is 1.74 bits per heavy atom. The Balaban J connectivity index is 2.12. The molecule has 5 heteroatoms. The number of hydrogen-bond acceptors (Lipinski definition) is 3. The molecule has 3 nitrogen and oxygen atoms in total. The van der Waals surface area contributed by atoms with Gasteiger partial charge in [-0.25, -0.2) is 8.78 Å². The number of benzene rings is 1. The molecule has 1 aromatic carbocycles. The molecule has 0 amide bonds. The van der Waals surface area contributed by atoms with Crippen LogP contribution in [0.3, 0.4) is 0 Å². The van der Waals surface area contributed by atoms with Crippen molar-refractivity contribution in [2.24, 2.45) is 5.73 Å². The Morgan fingerprint density at radius 1 is 1.16 bits per heavy atom. The summed E-state index contributed by atoms with van der Waals surface area (Å²) >= 11 is 0. The highest BCUT2D eigenvalue weighted by Gasteiger charge is 2.49. The molecule has 0 spiro atoms. The van der Waals surface area contributed by atoms with Crippen LogP contribution in [0, 0.1) is 0 Å². The van der Waals surface area contributed by atoms with Gasteiger partial charge in [-0.3, -0.25) is 0 Å². The van der Waals surface area contributed by atoms with E-state index in [9.17, 15) is 8.78 Å². The van der Waals surface area contributed by atoms with Gasteiger partial charge in [0.25, 0.3) is 6.43 Å². The maximum atomic E-state index is 13.3. The number of ether oxygens (including phenoxy) is 2. The summed E-state index contributed by atoms with van der Waals surface area (Å²) in [6, 6.07) is 2.97. The standard InChI is InChI=1S/C14H17F2NO2/c1-8(17)14(2-3-14)10-7-12-11(18-4-5-19-12)6-9(10)13(15)16/h6-8,13H,2-5,17H2,1H3. The largest absolute Gasteiger partial charge is 0.486 e. The smallest absolute Gasteiger partial charge is 0.264 e. The SMILES string of the molecule is CC(N)C1(c2cc3c(cc2C(F)F)OCCO3)CC1. The Hall–Kier alpha value is -1.36. The molecule has 1 saturated carbocycles. The number of nitrogens with two attached hydrogens (primary N) is 1. The van der Waals surface area contributed by atoms with Crippen molar-refractivity contribution in [1.82, 2.24) is 0 Å². The molecule has 2 aliphatic rings. The molecule has 0 bridgehead atoms. The van der Waals surface area contributed by atoms with Crippen LogP contribution in [0.1, 0.15) is 37.3 Å². The van der Waals surface area contributed by atoms with Crippen LogP contribution in [0.5, 0.6) is 11.5 Å². The van der Waals surface area contributed by atoms with E-state index in [2.05, 4.69) is 0 Å². The van der Waals surface area contributed by atoms with Crippen LogP contribution >= 0.6 is 0 Å². The number of fused-ring (bicyclic) bond motifs is 1. The minimum Gasteiger partial charge on any atom is -0.486 e. The Labute approximate surface area is 110 Å². The third kappa shape index (κ3) is 1.96. The van der Waals surface area contributed by atoms with Gasteiger partial charge in [-0.15, -0.1) is 0 Å². The zero-order valence-corrected chi connectivity index (χ0v) is 10.8. The van der Waals surface area contributed by atoms with E-state index in [1.807, 2.05) is 6.92 Å². The van der Waals surface area contributed by atoms with Gasteiger partial charge in [-0.1, -0.05) is 0 Å². The molecule has 0 radical (unpaired) electrons. The number of rotatable bonds is 3. The molecule has 1 aliphatic heterocycles. The first-order valence-corrected chi connectivity index (χ1v) is 6.52. The summed E-state index contributed by atoms with van der Waals surface area (Å²) in [4.78, 5) is 0. The van der Waals surface area contributed by atoms with E-state index in [1.165, 1.54) is 6.07 Å². The Morgan fingerprint density at radius 3 is 2.21 bits per heavy atom. The minimum atomic E-state index is -2.53. The van der Waals surface area contributed by atoms with Gasteiger partial charge in [0, 0.05) is 17.0 Å². The number of halogens is 2. The normalized spacial score (nSPS) is 21.3. The van der Waals surface area contributed by atoms with Crippen molar-refractivity contribution in [3.8, 4) is 11.5 Å². The van der Waals surface area contributed by atoms with Gasteiger partial charge in [0.1, 0.15) is 13.2 Å². The highest BCUT2D eigenvalue weighted by molar-refractivity contribution is 5.53. The molecule has 1 aliphatic carbocycles. The summed E-state index contributed by atoms with van der Waals surface area (Å²) in [6.45, 7) is 2.72. The van der Waals surface area contributed by atoms with E-state index in [-0.39, 0.29) is 17.0 Å². The van der Waals surface area contributed by atoms with E-state index in [0.717, 1.165) is 12.8 Å².